The lowest BCUT2D eigenvalue weighted by atomic mass is 9.96. The molecule has 5 nitrogen and oxygen atoms in total. The van der Waals surface area contributed by atoms with Crippen LogP contribution in [0.25, 0.3) is 10.8 Å². The molecule has 1 aromatic heterocycles. The van der Waals surface area contributed by atoms with Gasteiger partial charge in [0.2, 0.25) is 0 Å². The summed E-state index contributed by atoms with van der Waals surface area (Å²) in [5.74, 6) is -2.13. The fraction of sp³-hybridized carbons (Fsp3) is 0.190. The van der Waals surface area contributed by atoms with E-state index in [9.17, 15) is 22.8 Å². The zero-order valence-corrected chi connectivity index (χ0v) is 15.6. The number of aromatic nitrogens is 1. The van der Waals surface area contributed by atoms with Gasteiger partial charge in [-0.05, 0) is 36.1 Å². The van der Waals surface area contributed by atoms with Crippen LogP contribution in [0.5, 0.6) is 5.75 Å². The van der Waals surface area contributed by atoms with Crippen LogP contribution in [-0.4, -0.2) is 30.0 Å². The average Bonchev–Trinajstić information content (AvgIpc) is 2.71. The quantitative estimate of drug-likeness (QED) is 0.649. The van der Waals surface area contributed by atoms with E-state index in [1.165, 1.54) is 32.2 Å². The van der Waals surface area contributed by atoms with Gasteiger partial charge in [-0.2, -0.15) is 13.2 Å². The van der Waals surface area contributed by atoms with Crippen LogP contribution in [0.2, 0.25) is 0 Å². The van der Waals surface area contributed by atoms with Crippen LogP contribution in [0.4, 0.5) is 13.2 Å². The van der Waals surface area contributed by atoms with Crippen LogP contribution >= 0.6 is 0 Å². The van der Waals surface area contributed by atoms with Crippen molar-refractivity contribution in [2.75, 3.05) is 7.11 Å². The SMILES string of the molecule is COc1cc([C@H](C)NC(=O)C(F)(F)F)ccc1C(=O)c1cccc2cnccc12. The van der Waals surface area contributed by atoms with Gasteiger partial charge >= 0.3 is 12.1 Å². The summed E-state index contributed by atoms with van der Waals surface area (Å²) in [4.78, 5) is 28.3. The number of hydrogen-bond donors (Lipinski definition) is 1. The van der Waals surface area contributed by atoms with Gasteiger partial charge in [0.05, 0.1) is 18.7 Å². The van der Waals surface area contributed by atoms with Crippen LogP contribution in [0.3, 0.4) is 0 Å². The number of carbonyl (C=O) groups excluding carboxylic acids is 2. The number of nitrogens with one attached hydrogen (secondary N) is 1. The molecule has 1 N–H and O–H groups in total. The van der Waals surface area contributed by atoms with Gasteiger partial charge in [0.25, 0.3) is 0 Å². The molecule has 0 saturated carbocycles. The van der Waals surface area contributed by atoms with E-state index in [1.54, 1.807) is 30.6 Å². The number of halogens is 3. The predicted octanol–water partition coefficient (Wildman–Crippen LogP) is 4.21. The molecule has 0 bridgehead atoms. The summed E-state index contributed by atoms with van der Waals surface area (Å²) < 4.78 is 42.7. The molecule has 0 aliphatic rings. The summed E-state index contributed by atoms with van der Waals surface area (Å²) in [5.41, 5.74) is 1.09. The molecule has 2 aromatic carbocycles. The Morgan fingerprint density at radius 3 is 2.55 bits per heavy atom. The zero-order valence-electron chi connectivity index (χ0n) is 15.6. The summed E-state index contributed by atoms with van der Waals surface area (Å²) in [7, 11) is 1.36. The number of hydrogen-bond acceptors (Lipinski definition) is 4. The number of nitrogens with zero attached hydrogens (tertiary/aromatic N) is 1. The van der Waals surface area contributed by atoms with Crippen LogP contribution in [0.15, 0.2) is 54.9 Å². The number of ether oxygens (including phenoxy) is 1. The standard InChI is InChI=1S/C21H17F3N2O3/c1-12(26-20(28)21(22,23)24)13-6-7-17(18(10-13)29-2)19(27)16-5-3-4-14-11-25-9-8-15(14)16/h3-12H,1-2H3,(H,26,28)/t12-/m0/s1. The second kappa shape index (κ2) is 7.90. The van der Waals surface area contributed by atoms with Gasteiger partial charge in [-0.3, -0.25) is 14.6 Å². The second-order valence-electron chi connectivity index (χ2n) is 6.38. The lowest BCUT2D eigenvalue weighted by Crippen LogP contribution is -2.38. The molecule has 0 unspecified atom stereocenters. The van der Waals surface area contributed by atoms with Crippen LogP contribution in [0, 0.1) is 0 Å². The number of carbonyl (C=O) groups is 2. The Bertz CT molecular complexity index is 1070. The third-order valence-electron chi connectivity index (χ3n) is 4.50. The molecule has 0 aliphatic heterocycles. The fourth-order valence-corrected chi connectivity index (χ4v) is 2.99. The number of benzene rings is 2. The van der Waals surface area contributed by atoms with Gasteiger partial charge in [-0.25, -0.2) is 0 Å². The molecule has 1 atom stereocenters. The summed E-state index contributed by atoms with van der Waals surface area (Å²) in [6.45, 7) is 1.41. The Labute approximate surface area is 164 Å². The molecule has 3 rings (SSSR count). The van der Waals surface area contributed by atoms with Crippen molar-refractivity contribution < 1.29 is 27.5 Å². The number of fused-ring (bicyclic) bond motifs is 1. The monoisotopic (exact) mass is 402 g/mol. The van der Waals surface area contributed by atoms with E-state index in [4.69, 9.17) is 4.74 Å². The molecular formula is C21H17F3N2O3. The second-order valence-corrected chi connectivity index (χ2v) is 6.38. The van der Waals surface area contributed by atoms with E-state index in [0.29, 0.717) is 11.1 Å². The number of alkyl halides is 3. The van der Waals surface area contributed by atoms with Gasteiger partial charge in [-0.15, -0.1) is 0 Å². The van der Waals surface area contributed by atoms with Crippen molar-refractivity contribution in [3.05, 3.63) is 71.5 Å². The Morgan fingerprint density at radius 1 is 1.10 bits per heavy atom. The highest BCUT2D eigenvalue weighted by Crippen LogP contribution is 2.29. The summed E-state index contributed by atoms with van der Waals surface area (Å²) >= 11 is 0. The Kier molecular flexibility index (Phi) is 5.54. The largest absolute Gasteiger partial charge is 0.496 e. The number of methoxy groups -OCH3 is 1. The van der Waals surface area contributed by atoms with E-state index in [0.717, 1.165) is 10.8 Å². The molecule has 3 aromatic rings. The number of ketones is 1. The number of rotatable bonds is 5. The fourth-order valence-electron chi connectivity index (χ4n) is 2.99. The van der Waals surface area contributed by atoms with E-state index < -0.39 is 18.1 Å². The summed E-state index contributed by atoms with van der Waals surface area (Å²) in [6, 6.07) is 10.5. The number of pyridine rings is 1. The third kappa shape index (κ3) is 4.21. The normalized spacial score (nSPS) is 12.4. The van der Waals surface area contributed by atoms with Gasteiger partial charge in [0, 0.05) is 23.3 Å². The predicted molar refractivity (Wildman–Crippen MR) is 101 cm³/mol. The van der Waals surface area contributed by atoms with Gasteiger partial charge in [-0.1, -0.05) is 24.3 Å². The molecule has 1 heterocycles. The molecule has 8 heteroatoms. The van der Waals surface area contributed by atoms with Gasteiger partial charge in [0.1, 0.15) is 5.75 Å². The first kappa shape index (κ1) is 20.3. The minimum absolute atomic E-state index is 0.201. The van der Waals surface area contributed by atoms with Crippen LogP contribution < -0.4 is 10.1 Å². The Hall–Kier alpha value is -3.42. The highest BCUT2D eigenvalue weighted by atomic mass is 19.4. The van der Waals surface area contributed by atoms with Crippen LogP contribution in [-0.2, 0) is 4.79 Å². The molecule has 29 heavy (non-hydrogen) atoms. The summed E-state index contributed by atoms with van der Waals surface area (Å²) in [6.07, 6.45) is -1.74. The lowest BCUT2D eigenvalue weighted by Gasteiger charge is -2.17. The smallest absolute Gasteiger partial charge is 0.471 e. The van der Waals surface area contributed by atoms with Crippen molar-refractivity contribution in [1.29, 1.82) is 0 Å². The maximum atomic E-state index is 13.1. The highest BCUT2D eigenvalue weighted by Gasteiger charge is 2.39. The van der Waals surface area contributed by atoms with E-state index in [2.05, 4.69) is 4.98 Å². The first-order valence-corrected chi connectivity index (χ1v) is 8.65. The van der Waals surface area contributed by atoms with Crippen molar-refractivity contribution in [3.8, 4) is 5.75 Å². The first-order valence-electron chi connectivity index (χ1n) is 8.65. The molecule has 0 radical (unpaired) electrons. The van der Waals surface area contributed by atoms with Gasteiger partial charge < -0.3 is 10.1 Å². The maximum absolute atomic E-state index is 13.1. The number of amides is 1. The maximum Gasteiger partial charge on any atom is 0.471 e. The zero-order chi connectivity index (χ0) is 21.2. The van der Waals surface area contributed by atoms with Gasteiger partial charge in [0.15, 0.2) is 5.78 Å². The van der Waals surface area contributed by atoms with E-state index in [-0.39, 0.29) is 17.1 Å². The molecule has 0 aliphatic carbocycles. The summed E-state index contributed by atoms with van der Waals surface area (Å²) in [5, 5.41) is 3.41. The third-order valence-corrected chi connectivity index (χ3v) is 4.50. The molecule has 0 saturated heterocycles. The molecule has 0 spiro atoms. The molecular weight excluding hydrogens is 385 g/mol. The van der Waals surface area contributed by atoms with Crippen molar-refractivity contribution >= 4 is 22.5 Å². The Morgan fingerprint density at radius 2 is 1.86 bits per heavy atom. The lowest BCUT2D eigenvalue weighted by molar-refractivity contribution is -0.174. The van der Waals surface area contributed by atoms with E-state index >= 15 is 0 Å². The van der Waals surface area contributed by atoms with Crippen molar-refractivity contribution in [3.63, 3.8) is 0 Å². The molecule has 0 fully saturated rings. The van der Waals surface area contributed by atoms with Crippen LogP contribution in [0.1, 0.15) is 34.5 Å². The minimum Gasteiger partial charge on any atom is -0.496 e. The molecule has 1 amide bonds. The first-order chi connectivity index (χ1) is 13.7. The van der Waals surface area contributed by atoms with Crippen molar-refractivity contribution in [2.24, 2.45) is 0 Å². The minimum atomic E-state index is -4.97. The van der Waals surface area contributed by atoms with E-state index in [1.807, 2.05) is 11.4 Å². The highest BCUT2D eigenvalue weighted by molar-refractivity contribution is 6.17. The topological polar surface area (TPSA) is 68.3 Å². The molecule has 150 valence electrons. The van der Waals surface area contributed by atoms with Crippen molar-refractivity contribution in [2.45, 2.75) is 19.1 Å². The average molecular weight is 402 g/mol. The Balaban J connectivity index is 1.95. The van der Waals surface area contributed by atoms with Crippen molar-refractivity contribution in [1.82, 2.24) is 10.3 Å².